The molecule has 1 N–H and O–H groups in total. The summed E-state index contributed by atoms with van der Waals surface area (Å²) in [5, 5.41) is 3.58. The first kappa shape index (κ1) is 20.5. The average Bonchev–Trinajstić information content (AvgIpc) is 2.72. The first-order valence-electron chi connectivity index (χ1n) is 10.1. The number of fused-ring (bicyclic) bond motifs is 2. The van der Waals surface area contributed by atoms with E-state index >= 15 is 0 Å². The molecule has 1 unspecified atom stereocenters. The second kappa shape index (κ2) is 8.56. The van der Waals surface area contributed by atoms with Crippen molar-refractivity contribution in [1.82, 2.24) is 4.98 Å². The largest absolute Gasteiger partial charge is 0.452 e. The van der Waals surface area contributed by atoms with E-state index in [9.17, 15) is 9.59 Å². The average molecular weight is 467 g/mol. The van der Waals surface area contributed by atoms with Gasteiger partial charge < -0.3 is 10.1 Å². The Hall–Kier alpha value is -2.73. The minimum absolute atomic E-state index is 0.338. The Morgan fingerprint density at radius 3 is 2.83 bits per heavy atom. The van der Waals surface area contributed by atoms with Gasteiger partial charge in [0.1, 0.15) is 0 Å². The number of esters is 1. The van der Waals surface area contributed by atoms with Gasteiger partial charge in [0, 0.05) is 21.2 Å². The van der Waals surface area contributed by atoms with Gasteiger partial charge >= 0.3 is 5.97 Å². The highest BCUT2D eigenvalue weighted by molar-refractivity contribution is 9.10. The summed E-state index contributed by atoms with van der Waals surface area (Å²) in [6.07, 6.45) is 2.70. The number of rotatable bonds is 4. The van der Waals surface area contributed by atoms with Crippen molar-refractivity contribution in [2.45, 2.75) is 33.1 Å². The molecule has 0 bridgehead atoms. The van der Waals surface area contributed by atoms with Crippen molar-refractivity contribution in [1.29, 1.82) is 0 Å². The van der Waals surface area contributed by atoms with Crippen LogP contribution in [0.1, 0.15) is 40.5 Å². The SMILES string of the molecule is Cc1cc(Br)ccc1NC(=O)COC(=O)c1c2c(nc3ccccc13)CCC(C)C2. The standard InChI is InChI=1S/C24H23BrN2O3/c1-14-7-9-21-18(11-14)23(17-5-3-4-6-20(17)26-21)24(29)30-13-22(28)27-19-10-8-16(25)12-15(19)2/h3-6,8,10,12,14H,7,9,11,13H2,1-2H3,(H,27,28). The number of anilines is 1. The number of hydrogen-bond donors (Lipinski definition) is 1. The van der Waals surface area contributed by atoms with E-state index in [0.717, 1.165) is 51.5 Å². The van der Waals surface area contributed by atoms with E-state index in [0.29, 0.717) is 17.2 Å². The summed E-state index contributed by atoms with van der Waals surface area (Å²) in [4.78, 5) is 30.2. The maximum atomic E-state index is 13.1. The number of carbonyl (C=O) groups excluding carboxylic acids is 2. The van der Waals surface area contributed by atoms with Gasteiger partial charge in [-0.3, -0.25) is 9.78 Å². The van der Waals surface area contributed by atoms with Crippen LogP contribution < -0.4 is 5.32 Å². The highest BCUT2D eigenvalue weighted by Gasteiger charge is 2.26. The van der Waals surface area contributed by atoms with E-state index in [4.69, 9.17) is 9.72 Å². The summed E-state index contributed by atoms with van der Waals surface area (Å²) in [5.74, 6) is -0.355. The Balaban J connectivity index is 1.56. The molecule has 0 spiro atoms. The van der Waals surface area contributed by atoms with Crippen LogP contribution in [0.4, 0.5) is 5.69 Å². The molecule has 1 aliphatic carbocycles. The van der Waals surface area contributed by atoms with Gasteiger partial charge in [0.15, 0.2) is 6.61 Å². The number of para-hydroxylation sites is 1. The quantitative estimate of drug-likeness (QED) is 0.534. The number of amides is 1. The first-order valence-corrected chi connectivity index (χ1v) is 10.9. The lowest BCUT2D eigenvalue weighted by atomic mass is 9.84. The summed E-state index contributed by atoms with van der Waals surface area (Å²) in [7, 11) is 0. The number of nitrogens with zero attached hydrogens (tertiary/aromatic N) is 1. The molecule has 0 fully saturated rings. The smallest absolute Gasteiger partial charge is 0.339 e. The highest BCUT2D eigenvalue weighted by atomic mass is 79.9. The minimum atomic E-state index is -0.471. The Kier molecular flexibility index (Phi) is 5.86. The fraction of sp³-hybridized carbons (Fsp3) is 0.292. The molecule has 1 amide bonds. The molecule has 1 atom stereocenters. The molecule has 1 aromatic heterocycles. The number of aryl methyl sites for hydroxylation is 2. The number of carbonyl (C=O) groups is 2. The lowest BCUT2D eigenvalue weighted by Gasteiger charge is -2.24. The van der Waals surface area contributed by atoms with Gasteiger partial charge in [-0.15, -0.1) is 0 Å². The van der Waals surface area contributed by atoms with Crippen molar-refractivity contribution in [3.8, 4) is 0 Å². The van der Waals surface area contributed by atoms with Gasteiger partial charge in [0.2, 0.25) is 0 Å². The highest BCUT2D eigenvalue weighted by Crippen LogP contribution is 2.32. The van der Waals surface area contributed by atoms with Crippen molar-refractivity contribution in [2.24, 2.45) is 5.92 Å². The number of pyridine rings is 1. The summed E-state index contributed by atoms with van der Waals surface area (Å²) in [6.45, 7) is 3.75. The number of halogens is 1. The second-order valence-electron chi connectivity index (χ2n) is 7.86. The molecular formula is C24H23BrN2O3. The third-order valence-corrected chi connectivity index (χ3v) is 6.00. The molecule has 30 heavy (non-hydrogen) atoms. The van der Waals surface area contributed by atoms with Gasteiger partial charge in [-0.1, -0.05) is 41.1 Å². The summed E-state index contributed by atoms with van der Waals surface area (Å²) in [5.41, 5.74) is 4.88. The van der Waals surface area contributed by atoms with E-state index in [2.05, 4.69) is 28.2 Å². The normalized spacial score (nSPS) is 15.5. The molecular weight excluding hydrogens is 444 g/mol. The van der Waals surface area contributed by atoms with Crippen molar-refractivity contribution in [3.63, 3.8) is 0 Å². The predicted molar refractivity (Wildman–Crippen MR) is 121 cm³/mol. The van der Waals surface area contributed by atoms with Gasteiger partial charge in [-0.05, 0) is 67.5 Å². The Bertz CT molecular complexity index is 1140. The minimum Gasteiger partial charge on any atom is -0.452 e. The molecule has 6 heteroatoms. The zero-order valence-electron chi connectivity index (χ0n) is 17.0. The summed E-state index contributed by atoms with van der Waals surface area (Å²) < 4.78 is 6.39. The van der Waals surface area contributed by atoms with Gasteiger partial charge in [-0.2, -0.15) is 0 Å². The fourth-order valence-electron chi connectivity index (χ4n) is 3.95. The Morgan fingerprint density at radius 1 is 1.23 bits per heavy atom. The fourth-order valence-corrected chi connectivity index (χ4v) is 4.43. The van der Waals surface area contributed by atoms with E-state index in [1.165, 1.54) is 0 Å². The number of aromatic nitrogens is 1. The van der Waals surface area contributed by atoms with Gasteiger partial charge in [0.05, 0.1) is 11.1 Å². The van der Waals surface area contributed by atoms with Crippen LogP contribution in [0.25, 0.3) is 10.9 Å². The third-order valence-electron chi connectivity index (χ3n) is 5.51. The Morgan fingerprint density at radius 2 is 2.03 bits per heavy atom. The molecule has 2 aromatic carbocycles. The topological polar surface area (TPSA) is 68.3 Å². The zero-order chi connectivity index (χ0) is 21.3. The lowest BCUT2D eigenvalue weighted by Crippen LogP contribution is -2.24. The zero-order valence-corrected chi connectivity index (χ0v) is 18.6. The van der Waals surface area contributed by atoms with Crippen molar-refractivity contribution < 1.29 is 14.3 Å². The second-order valence-corrected chi connectivity index (χ2v) is 8.78. The molecule has 3 aromatic rings. The lowest BCUT2D eigenvalue weighted by molar-refractivity contribution is -0.119. The van der Waals surface area contributed by atoms with Crippen LogP contribution in [-0.4, -0.2) is 23.5 Å². The van der Waals surface area contributed by atoms with Crippen molar-refractivity contribution in [2.75, 3.05) is 11.9 Å². The molecule has 0 aliphatic heterocycles. The molecule has 5 nitrogen and oxygen atoms in total. The molecule has 0 radical (unpaired) electrons. The number of benzene rings is 2. The van der Waals surface area contributed by atoms with Gasteiger partial charge in [0.25, 0.3) is 5.91 Å². The summed E-state index contributed by atoms with van der Waals surface area (Å²) >= 11 is 3.40. The van der Waals surface area contributed by atoms with Gasteiger partial charge in [-0.25, -0.2) is 4.79 Å². The molecule has 0 saturated carbocycles. The molecule has 1 aliphatic rings. The molecule has 154 valence electrons. The monoisotopic (exact) mass is 466 g/mol. The van der Waals surface area contributed by atoms with E-state index in [-0.39, 0.29) is 12.5 Å². The van der Waals surface area contributed by atoms with Crippen LogP contribution >= 0.6 is 15.9 Å². The molecule has 4 rings (SSSR count). The summed E-state index contributed by atoms with van der Waals surface area (Å²) in [6, 6.07) is 13.2. The molecule has 1 heterocycles. The maximum Gasteiger partial charge on any atom is 0.339 e. The Labute approximate surface area is 184 Å². The first-order chi connectivity index (χ1) is 14.4. The van der Waals surface area contributed by atoms with E-state index in [1.54, 1.807) is 0 Å². The van der Waals surface area contributed by atoms with Crippen molar-refractivity contribution in [3.05, 3.63) is 69.3 Å². The van der Waals surface area contributed by atoms with Crippen LogP contribution in [0.15, 0.2) is 46.9 Å². The van der Waals surface area contributed by atoms with Crippen LogP contribution in [-0.2, 0) is 22.4 Å². The van der Waals surface area contributed by atoms with Crippen LogP contribution in [0.2, 0.25) is 0 Å². The van der Waals surface area contributed by atoms with E-state index in [1.807, 2.05) is 49.4 Å². The maximum absolute atomic E-state index is 13.1. The van der Waals surface area contributed by atoms with Crippen LogP contribution in [0, 0.1) is 12.8 Å². The predicted octanol–water partition coefficient (Wildman–Crippen LogP) is 5.23. The molecule has 0 saturated heterocycles. The number of nitrogens with one attached hydrogen (secondary N) is 1. The van der Waals surface area contributed by atoms with Crippen LogP contribution in [0.5, 0.6) is 0 Å². The number of ether oxygens (including phenoxy) is 1. The number of hydrogen-bond acceptors (Lipinski definition) is 4. The van der Waals surface area contributed by atoms with Crippen molar-refractivity contribution >= 4 is 44.4 Å². The van der Waals surface area contributed by atoms with Crippen LogP contribution in [0.3, 0.4) is 0 Å². The van der Waals surface area contributed by atoms with E-state index < -0.39 is 5.97 Å². The third kappa shape index (κ3) is 4.24.